The first kappa shape index (κ1) is 14.3. The number of pyridine rings is 1. The number of aromatic nitrogens is 1. The van der Waals surface area contributed by atoms with E-state index in [1.165, 1.54) is 0 Å². The van der Waals surface area contributed by atoms with E-state index < -0.39 is 5.97 Å². The van der Waals surface area contributed by atoms with E-state index in [1.54, 1.807) is 11.1 Å². The number of nitrogens with one attached hydrogen (secondary N) is 1. The summed E-state index contributed by atoms with van der Waals surface area (Å²) in [6.07, 6.45) is 3.30. The zero-order valence-corrected chi connectivity index (χ0v) is 11.5. The van der Waals surface area contributed by atoms with E-state index in [0.29, 0.717) is 25.2 Å². The summed E-state index contributed by atoms with van der Waals surface area (Å²) < 4.78 is 0. The molecule has 0 saturated carbocycles. The molecule has 1 aromatic rings. The van der Waals surface area contributed by atoms with Crippen molar-refractivity contribution in [1.82, 2.24) is 9.88 Å². The van der Waals surface area contributed by atoms with Crippen LogP contribution in [0.4, 0.5) is 10.5 Å². The van der Waals surface area contributed by atoms with Crippen molar-refractivity contribution in [3.05, 3.63) is 24.0 Å². The number of anilines is 1. The average Bonchev–Trinajstić information content (AvgIpc) is 2.88. The van der Waals surface area contributed by atoms with Gasteiger partial charge in [0.2, 0.25) is 0 Å². The third-order valence-electron chi connectivity index (χ3n) is 3.50. The lowest BCUT2D eigenvalue weighted by Crippen LogP contribution is -2.33. The van der Waals surface area contributed by atoms with Crippen LogP contribution in [0.25, 0.3) is 0 Å². The number of carboxylic acids is 1. The molecule has 1 fully saturated rings. The molecule has 0 aliphatic carbocycles. The molecule has 6 nitrogen and oxygen atoms in total. The van der Waals surface area contributed by atoms with Crippen molar-refractivity contribution in [2.24, 2.45) is 5.92 Å². The van der Waals surface area contributed by atoms with Gasteiger partial charge in [0.05, 0.1) is 11.9 Å². The van der Waals surface area contributed by atoms with Gasteiger partial charge in [-0.25, -0.2) is 4.79 Å². The van der Waals surface area contributed by atoms with E-state index in [4.69, 9.17) is 5.11 Å². The van der Waals surface area contributed by atoms with Gasteiger partial charge in [0.25, 0.3) is 0 Å². The third-order valence-corrected chi connectivity index (χ3v) is 3.50. The van der Waals surface area contributed by atoms with Crippen LogP contribution in [0.5, 0.6) is 0 Å². The lowest BCUT2D eigenvalue weighted by atomic mass is 10.0. The van der Waals surface area contributed by atoms with Crippen LogP contribution >= 0.6 is 0 Å². The molecule has 6 heteroatoms. The Morgan fingerprint density at radius 1 is 1.50 bits per heavy atom. The minimum atomic E-state index is -0.779. The molecular formula is C14H19N3O3. The normalized spacial score (nSPS) is 18.1. The molecule has 0 aromatic carbocycles. The minimum Gasteiger partial charge on any atom is -0.481 e. The summed E-state index contributed by atoms with van der Waals surface area (Å²) in [4.78, 5) is 28.4. The summed E-state index contributed by atoms with van der Waals surface area (Å²) in [5.74, 6) is -0.494. The molecule has 1 unspecified atom stereocenters. The highest BCUT2D eigenvalue weighted by Gasteiger charge is 2.26. The standard InChI is InChI=1S/C14H19N3O3/c1-10-2-4-12(8-15-10)16-14(20)17-7-6-11(9-17)3-5-13(18)19/h2,4,8,11H,3,5-7,9H2,1H3,(H,16,20)(H,18,19). The van der Waals surface area contributed by atoms with Crippen molar-refractivity contribution in [2.75, 3.05) is 18.4 Å². The summed E-state index contributed by atoms with van der Waals surface area (Å²) >= 11 is 0. The van der Waals surface area contributed by atoms with E-state index in [9.17, 15) is 9.59 Å². The Morgan fingerprint density at radius 3 is 2.95 bits per heavy atom. The van der Waals surface area contributed by atoms with Crippen molar-refractivity contribution in [3.8, 4) is 0 Å². The van der Waals surface area contributed by atoms with Crippen molar-refractivity contribution in [1.29, 1.82) is 0 Å². The smallest absolute Gasteiger partial charge is 0.321 e. The third kappa shape index (κ3) is 3.94. The van der Waals surface area contributed by atoms with Gasteiger partial charge in [0.15, 0.2) is 0 Å². The number of rotatable bonds is 4. The number of nitrogens with zero attached hydrogens (tertiary/aromatic N) is 2. The molecule has 108 valence electrons. The predicted molar refractivity (Wildman–Crippen MR) is 74.5 cm³/mol. The van der Waals surface area contributed by atoms with E-state index in [0.717, 1.165) is 12.1 Å². The van der Waals surface area contributed by atoms with Gasteiger partial charge in [-0.05, 0) is 37.8 Å². The van der Waals surface area contributed by atoms with Gasteiger partial charge in [-0.3, -0.25) is 9.78 Å². The highest BCUT2D eigenvalue weighted by molar-refractivity contribution is 5.89. The summed E-state index contributed by atoms with van der Waals surface area (Å²) in [7, 11) is 0. The van der Waals surface area contributed by atoms with Gasteiger partial charge < -0.3 is 15.3 Å². The predicted octanol–water partition coefficient (Wildman–Crippen LogP) is 2.11. The molecule has 2 heterocycles. The number of aryl methyl sites for hydroxylation is 1. The number of hydrogen-bond donors (Lipinski definition) is 2. The summed E-state index contributed by atoms with van der Waals surface area (Å²) in [6, 6.07) is 3.52. The van der Waals surface area contributed by atoms with Gasteiger partial charge in [0.1, 0.15) is 0 Å². The number of urea groups is 1. The molecule has 1 saturated heterocycles. The van der Waals surface area contributed by atoms with E-state index in [2.05, 4.69) is 10.3 Å². The lowest BCUT2D eigenvalue weighted by molar-refractivity contribution is -0.137. The van der Waals surface area contributed by atoms with Crippen LogP contribution in [-0.4, -0.2) is 40.1 Å². The lowest BCUT2D eigenvalue weighted by Gasteiger charge is -2.17. The Morgan fingerprint density at radius 2 is 2.30 bits per heavy atom. The monoisotopic (exact) mass is 277 g/mol. The fraction of sp³-hybridized carbons (Fsp3) is 0.500. The molecule has 1 aliphatic heterocycles. The van der Waals surface area contributed by atoms with Crippen LogP contribution in [0.1, 0.15) is 25.0 Å². The van der Waals surface area contributed by atoms with Crippen LogP contribution in [0.15, 0.2) is 18.3 Å². The van der Waals surface area contributed by atoms with Gasteiger partial charge in [-0.2, -0.15) is 0 Å². The van der Waals surface area contributed by atoms with Crippen LogP contribution < -0.4 is 5.32 Å². The molecule has 2 rings (SSSR count). The van der Waals surface area contributed by atoms with Crippen molar-refractivity contribution in [3.63, 3.8) is 0 Å². The van der Waals surface area contributed by atoms with Crippen LogP contribution in [0.2, 0.25) is 0 Å². The number of amides is 2. The molecule has 1 aliphatic rings. The van der Waals surface area contributed by atoms with Gasteiger partial charge in [-0.15, -0.1) is 0 Å². The first-order valence-corrected chi connectivity index (χ1v) is 6.75. The molecule has 0 radical (unpaired) electrons. The molecule has 1 aromatic heterocycles. The Hall–Kier alpha value is -2.11. The molecule has 1 atom stereocenters. The van der Waals surface area contributed by atoms with Crippen LogP contribution in [0.3, 0.4) is 0 Å². The average molecular weight is 277 g/mol. The van der Waals surface area contributed by atoms with E-state index >= 15 is 0 Å². The first-order valence-electron chi connectivity index (χ1n) is 6.75. The summed E-state index contributed by atoms with van der Waals surface area (Å²) in [5.41, 5.74) is 1.58. The Balaban J connectivity index is 1.82. The fourth-order valence-electron chi connectivity index (χ4n) is 2.32. The Bertz CT molecular complexity index is 487. The summed E-state index contributed by atoms with van der Waals surface area (Å²) in [6.45, 7) is 3.19. The number of carbonyl (C=O) groups is 2. The maximum Gasteiger partial charge on any atom is 0.321 e. The topological polar surface area (TPSA) is 82.5 Å². The van der Waals surface area contributed by atoms with Gasteiger partial charge in [-0.1, -0.05) is 0 Å². The zero-order chi connectivity index (χ0) is 14.5. The van der Waals surface area contributed by atoms with Gasteiger partial charge in [0, 0.05) is 25.2 Å². The Kier molecular flexibility index (Phi) is 4.55. The molecule has 2 N–H and O–H groups in total. The number of aliphatic carboxylic acids is 1. The SMILES string of the molecule is Cc1ccc(NC(=O)N2CCC(CCC(=O)O)C2)cn1. The van der Waals surface area contributed by atoms with E-state index in [-0.39, 0.29) is 18.4 Å². The second-order valence-corrected chi connectivity index (χ2v) is 5.15. The first-order chi connectivity index (χ1) is 9.54. The molecule has 20 heavy (non-hydrogen) atoms. The Labute approximate surface area is 117 Å². The molecule has 0 spiro atoms. The quantitative estimate of drug-likeness (QED) is 0.883. The maximum absolute atomic E-state index is 12.1. The second-order valence-electron chi connectivity index (χ2n) is 5.15. The molecule has 0 bridgehead atoms. The van der Waals surface area contributed by atoms with Crippen LogP contribution in [-0.2, 0) is 4.79 Å². The summed E-state index contributed by atoms with van der Waals surface area (Å²) in [5, 5.41) is 11.5. The highest BCUT2D eigenvalue weighted by Crippen LogP contribution is 2.21. The van der Waals surface area contributed by atoms with Crippen LogP contribution in [0, 0.1) is 12.8 Å². The number of hydrogen-bond acceptors (Lipinski definition) is 3. The fourth-order valence-corrected chi connectivity index (χ4v) is 2.32. The van der Waals surface area contributed by atoms with Crippen molar-refractivity contribution in [2.45, 2.75) is 26.2 Å². The number of likely N-dealkylation sites (tertiary alicyclic amines) is 1. The zero-order valence-electron chi connectivity index (χ0n) is 11.5. The maximum atomic E-state index is 12.1. The second kappa shape index (κ2) is 6.36. The minimum absolute atomic E-state index is 0.145. The number of carboxylic acid groups (broad SMARTS) is 1. The molecular weight excluding hydrogens is 258 g/mol. The van der Waals surface area contributed by atoms with E-state index in [1.807, 2.05) is 19.1 Å². The largest absolute Gasteiger partial charge is 0.481 e. The van der Waals surface area contributed by atoms with Crippen molar-refractivity contribution >= 4 is 17.7 Å². The van der Waals surface area contributed by atoms with Gasteiger partial charge >= 0.3 is 12.0 Å². The number of carbonyl (C=O) groups excluding carboxylic acids is 1. The van der Waals surface area contributed by atoms with Crippen molar-refractivity contribution < 1.29 is 14.7 Å². The molecule has 2 amide bonds. The highest BCUT2D eigenvalue weighted by atomic mass is 16.4.